The van der Waals surface area contributed by atoms with Gasteiger partial charge in [-0.15, -0.1) is 5.11 Å². The van der Waals surface area contributed by atoms with Crippen molar-refractivity contribution >= 4 is 29.0 Å². The molecule has 1 aliphatic rings. The van der Waals surface area contributed by atoms with Crippen LogP contribution in [0.25, 0.3) is 0 Å². The zero-order valence-electron chi connectivity index (χ0n) is 19.7. The Morgan fingerprint density at radius 1 is 1.24 bits per heavy atom. The Balaban J connectivity index is 1.85. The van der Waals surface area contributed by atoms with Crippen molar-refractivity contribution in [3.05, 3.63) is 34.2 Å². The fraction of sp³-hybridized carbons (Fsp3) is 0.500. The molecular formula is C22H31N7O4. The summed E-state index contributed by atoms with van der Waals surface area (Å²) in [4.78, 5) is 36.5. The van der Waals surface area contributed by atoms with E-state index in [9.17, 15) is 9.59 Å². The summed E-state index contributed by atoms with van der Waals surface area (Å²) in [6, 6.07) is 3.25. The number of hydrogen-bond acceptors (Lipinski definition) is 9. The first kappa shape index (κ1) is 24.0. The molecule has 3 heterocycles. The van der Waals surface area contributed by atoms with E-state index in [1.165, 1.54) is 13.3 Å². The normalized spacial score (nSPS) is 14.6. The number of H-pyrrole nitrogens is 1. The highest BCUT2D eigenvalue weighted by Crippen LogP contribution is 2.27. The number of amides is 1. The molecule has 3 N–H and O–H groups in total. The van der Waals surface area contributed by atoms with Crippen LogP contribution in [-0.2, 0) is 11.2 Å². The van der Waals surface area contributed by atoms with Crippen LogP contribution in [0.2, 0.25) is 0 Å². The predicted molar refractivity (Wildman–Crippen MR) is 126 cm³/mol. The number of ether oxygens (including phenoxy) is 2. The number of carbonyl (C=O) groups excluding carboxylic acids is 1. The maximum absolute atomic E-state index is 13.4. The van der Waals surface area contributed by atoms with Crippen LogP contribution in [0, 0.1) is 0 Å². The number of pyridine rings is 2. The van der Waals surface area contributed by atoms with Gasteiger partial charge < -0.3 is 30.0 Å². The lowest BCUT2D eigenvalue weighted by Gasteiger charge is -2.37. The van der Waals surface area contributed by atoms with Crippen LogP contribution in [0.3, 0.4) is 0 Å². The van der Waals surface area contributed by atoms with Crippen molar-refractivity contribution in [1.29, 1.82) is 0 Å². The van der Waals surface area contributed by atoms with Gasteiger partial charge in [0.05, 0.1) is 12.8 Å². The SMILES string of the molecule is CCc1[nH]c(N)c(N=Nc2ccnc(OC)c2)c(=O)c1N1CCN(C(=O)OC(C)(C)C)CC1. The van der Waals surface area contributed by atoms with Gasteiger partial charge in [0.25, 0.3) is 0 Å². The summed E-state index contributed by atoms with van der Waals surface area (Å²) in [6.07, 6.45) is 1.77. The van der Waals surface area contributed by atoms with Crippen LogP contribution in [0.1, 0.15) is 33.4 Å². The number of carbonyl (C=O) groups is 1. The molecule has 33 heavy (non-hydrogen) atoms. The van der Waals surface area contributed by atoms with Crippen LogP contribution in [0.5, 0.6) is 5.88 Å². The van der Waals surface area contributed by atoms with Gasteiger partial charge in [-0.2, -0.15) is 5.11 Å². The summed E-state index contributed by atoms with van der Waals surface area (Å²) in [5.41, 5.74) is 6.96. The summed E-state index contributed by atoms with van der Waals surface area (Å²) in [7, 11) is 1.50. The molecule has 0 unspecified atom stereocenters. The number of aromatic nitrogens is 2. The molecule has 2 aromatic rings. The first-order valence-electron chi connectivity index (χ1n) is 10.8. The van der Waals surface area contributed by atoms with Crippen LogP contribution >= 0.6 is 0 Å². The molecule has 3 rings (SSSR count). The second kappa shape index (κ2) is 9.88. The molecule has 1 fully saturated rings. The van der Waals surface area contributed by atoms with Crippen LogP contribution < -0.4 is 20.8 Å². The first-order valence-corrected chi connectivity index (χ1v) is 10.8. The number of rotatable bonds is 5. The summed E-state index contributed by atoms with van der Waals surface area (Å²) >= 11 is 0. The minimum Gasteiger partial charge on any atom is -0.481 e. The maximum atomic E-state index is 13.4. The van der Waals surface area contributed by atoms with Gasteiger partial charge in [-0.1, -0.05) is 6.92 Å². The van der Waals surface area contributed by atoms with Crippen molar-refractivity contribution in [3.8, 4) is 5.88 Å². The topological polar surface area (TPSA) is 138 Å². The predicted octanol–water partition coefficient (Wildman–Crippen LogP) is 3.40. The molecule has 0 radical (unpaired) electrons. The number of nitrogens with two attached hydrogens (primary N) is 1. The average Bonchev–Trinajstić information content (AvgIpc) is 2.77. The molecular weight excluding hydrogens is 426 g/mol. The number of methoxy groups -OCH3 is 1. The molecule has 178 valence electrons. The van der Waals surface area contributed by atoms with Crippen molar-refractivity contribution in [2.75, 3.05) is 43.9 Å². The number of hydrogen-bond donors (Lipinski definition) is 2. The van der Waals surface area contributed by atoms with E-state index in [2.05, 4.69) is 20.2 Å². The zero-order valence-corrected chi connectivity index (χ0v) is 19.7. The van der Waals surface area contributed by atoms with Crippen molar-refractivity contribution in [3.63, 3.8) is 0 Å². The molecule has 1 saturated heterocycles. The second-order valence-corrected chi connectivity index (χ2v) is 8.61. The lowest BCUT2D eigenvalue weighted by atomic mass is 10.1. The van der Waals surface area contributed by atoms with Gasteiger partial charge in [-0.05, 0) is 33.3 Å². The highest BCUT2D eigenvalue weighted by atomic mass is 16.6. The fourth-order valence-electron chi connectivity index (χ4n) is 3.46. The van der Waals surface area contributed by atoms with E-state index in [-0.39, 0.29) is 23.0 Å². The monoisotopic (exact) mass is 457 g/mol. The van der Waals surface area contributed by atoms with Gasteiger partial charge in [0.15, 0.2) is 5.69 Å². The van der Waals surface area contributed by atoms with Crippen molar-refractivity contribution in [1.82, 2.24) is 14.9 Å². The number of nitrogens with one attached hydrogen (secondary N) is 1. The Kier molecular flexibility index (Phi) is 7.19. The van der Waals surface area contributed by atoms with Gasteiger partial charge in [-0.3, -0.25) is 4.79 Å². The standard InChI is InChI=1S/C22H31N7O4/c1-6-15-18(28-9-11-29(12-10-28)21(31)33-22(2,3)4)19(30)17(20(23)25-15)27-26-14-7-8-24-16(13-14)32-5/h7-8,13H,6,9-12H2,1-5H3,(H3,23,25,30). The maximum Gasteiger partial charge on any atom is 0.410 e. The molecule has 11 nitrogen and oxygen atoms in total. The molecule has 0 saturated carbocycles. The van der Waals surface area contributed by atoms with E-state index >= 15 is 0 Å². The van der Waals surface area contributed by atoms with Crippen molar-refractivity contribution in [2.24, 2.45) is 10.2 Å². The van der Waals surface area contributed by atoms with Gasteiger partial charge in [0.1, 0.15) is 17.1 Å². The van der Waals surface area contributed by atoms with Crippen LogP contribution in [-0.4, -0.2) is 59.9 Å². The molecule has 0 atom stereocenters. The van der Waals surface area contributed by atoms with Crippen molar-refractivity contribution < 1.29 is 14.3 Å². The summed E-state index contributed by atoms with van der Waals surface area (Å²) in [5.74, 6) is 0.538. The molecule has 1 amide bonds. The summed E-state index contributed by atoms with van der Waals surface area (Å²) < 4.78 is 10.5. The average molecular weight is 458 g/mol. The van der Waals surface area contributed by atoms with E-state index in [4.69, 9.17) is 15.2 Å². The Morgan fingerprint density at radius 3 is 2.55 bits per heavy atom. The lowest BCUT2D eigenvalue weighted by molar-refractivity contribution is 0.0240. The number of azo groups is 1. The third-order valence-electron chi connectivity index (χ3n) is 5.05. The smallest absolute Gasteiger partial charge is 0.410 e. The zero-order chi connectivity index (χ0) is 24.2. The highest BCUT2D eigenvalue weighted by Gasteiger charge is 2.28. The summed E-state index contributed by atoms with van der Waals surface area (Å²) in [5, 5.41) is 8.26. The third kappa shape index (κ3) is 5.79. The third-order valence-corrected chi connectivity index (χ3v) is 5.05. The fourth-order valence-corrected chi connectivity index (χ4v) is 3.46. The van der Waals surface area contributed by atoms with Crippen LogP contribution in [0.15, 0.2) is 33.4 Å². The first-order chi connectivity index (χ1) is 15.6. The minimum atomic E-state index is -0.559. The van der Waals surface area contributed by atoms with Crippen molar-refractivity contribution in [2.45, 2.75) is 39.7 Å². The Bertz CT molecular complexity index is 1080. The molecule has 11 heteroatoms. The molecule has 0 spiro atoms. The van der Waals surface area contributed by atoms with Gasteiger partial charge in [0.2, 0.25) is 11.3 Å². The number of anilines is 2. The van der Waals surface area contributed by atoms with E-state index < -0.39 is 5.60 Å². The van der Waals surface area contributed by atoms with E-state index in [1.54, 1.807) is 17.0 Å². The number of nitrogens with zero attached hydrogens (tertiary/aromatic N) is 5. The molecule has 0 aliphatic carbocycles. The summed E-state index contributed by atoms with van der Waals surface area (Å²) in [6.45, 7) is 9.29. The van der Waals surface area contributed by atoms with Gasteiger partial charge in [0, 0.05) is 44.1 Å². The minimum absolute atomic E-state index is 0.0348. The number of piperazine rings is 1. The number of aryl methyl sites for hydroxylation is 1. The molecule has 0 aromatic carbocycles. The van der Waals surface area contributed by atoms with Crippen LogP contribution in [0.4, 0.5) is 27.7 Å². The Labute approximate surface area is 192 Å². The molecule has 2 aromatic heterocycles. The highest BCUT2D eigenvalue weighted by molar-refractivity contribution is 5.70. The van der Waals surface area contributed by atoms with E-state index in [0.717, 1.165) is 0 Å². The number of aromatic amines is 1. The number of nitrogen functional groups attached to an aromatic ring is 1. The van der Waals surface area contributed by atoms with E-state index in [0.29, 0.717) is 55.5 Å². The molecule has 1 aliphatic heterocycles. The second-order valence-electron chi connectivity index (χ2n) is 8.61. The largest absolute Gasteiger partial charge is 0.481 e. The quantitative estimate of drug-likeness (QED) is 0.656. The van der Waals surface area contributed by atoms with E-state index in [1.807, 2.05) is 32.6 Å². The molecule has 0 bridgehead atoms. The van der Waals surface area contributed by atoms with Gasteiger partial charge >= 0.3 is 6.09 Å². The Morgan fingerprint density at radius 2 is 1.94 bits per heavy atom. The Hall–Kier alpha value is -3.63. The van der Waals surface area contributed by atoms with Gasteiger partial charge in [-0.25, -0.2) is 9.78 Å². The lowest BCUT2D eigenvalue weighted by Crippen LogP contribution is -2.51.